The molecule has 2 aliphatic carbocycles. The summed E-state index contributed by atoms with van der Waals surface area (Å²) in [5.74, 6) is 0.248. The molecule has 29 heavy (non-hydrogen) atoms. The van der Waals surface area contributed by atoms with E-state index in [1.807, 2.05) is 37.3 Å². The summed E-state index contributed by atoms with van der Waals surface area (Å²) in [7, 11) is 1.47. The van der Waals surface area contributed by atoms with Crippen molar-refractivity contribution in [2.45, 2.75) is 39.5 Å². The number of fused-ring (bicyclic) bond motifs is 2. The average Bonchev–Trinajstić information content (AvgIpc) is 3.11. The minimum absolute atomic E-state index is 0.121. The van der Waals surface area contributed by atoms with Crippen LogP contribution in [0.3, 0.4) is 0 Å². The van der Waals surface area contributed by atoms with Crippen LogP contribution < -0.4 is 4.74 Å². The van der Waals surface area contributed by atoms with E-state index in [0.29, 0.717) is 11.3 Å². The quantitative estimate of drug-likeness (QED) is 0.531. The van der Waals surface area contributed by atoms with Gasteiger partial charge in [-0.25, -0.2) is 4.79 Å². The zero-order valence-corrected chi connectivity index (χ0v) is 17.2. The summed E-state index contributed by atoms with van der Waals surface area (Å²) < 4.78 is 10.7. The van der Waals surface area contributed by atoms with Crippen LogP contribution in [-0.4, -0.2) is 19.0 Å². The highest BCUT2D eigenvalue weighted by Crippen LogP contribution is 2.53. The molecule has 0 aromatic heterocycles. The Kier molecular flexibility index (Phi) is 5.03. The van der Waals surface area contributed by atoms with Gasteiger partial charge in [-0.15, -0.1) is 0 Å². The first-order valence-corrected chi connectivity index (χ1v) is 10.2. The predicted molar refractivity (Wildman–Crippen MR) is 112 cm³/mol. The number of methoxy groups -OCH3 is 1. The molecule has 4 nitrogen and oxygen atoms in total. The maximum absolute atomic E-state index is 12.5. The van der Waals surface area contributed by atoms with Crippen LogP contribution in [0, 0.1) is 11.3 Å². The molecule has 150 valence electrons. The first-order chi connectivity index (χ1) is 14.0. The number of ether oxygens (including phenoxy) is 2. The monoisotopic (exact) mass is 390 g/mol. The molecule has 0 saturated heterocycles. The smallest absolute Gasteiger partial charge is 0.343 e. The van der Waals surface area contributed by atoms with Gasteiger partial charge in [-0.3, -0.25) is 4.79 Å². The molecule has 0 heterocycles. The second-order valence-electron chi connectivity index (χ2n) is 8.12. The lowest BCUT2D eigenvalue weighted by Gasteiger charge is -2.40. The summed E-state index contributed by atoms with van der Waals surface area (Å²) in [5.41, 5.74) is 5.14. The number of benzene rings is 2. The lowest BCUT2D eigenvalue weighted by molar-refractivity contribution is -0.155. The van der Waals surface area contributed by atoms with Gasteiger partial charge in [0, 0.05) is 0 Å². The minimum Gasteiger partial charge on any atom is -0.469 e. The lowest BCUT2D eigenvalue weighted by Crippen LogP contribution is -2.40. The SMILES string of the molecule is CCC1C2=C(CCC1(C)C(=O)OC)c1ccc(OC(=O)c3ccccc3)cc1C2. The van der Waals surface area contributed by atoms with Crippen molar-refractivity contribution in [3.05, 3.63) is 70.8 Å². The number of hydrogen-bond acceptors (Lipinski definition) is 4. The number of rotatable bonds is 4. The van der Waals surface area contributed by atoms with Crippen LogP contribution in [0.5, 0.6) is 5.75 Å². The van der Waals surface area contributed by atoms with E-state index in [2.05, 4.69) is 13.0 Å². The zero-order valence-electron chi connectivity index (χ0n) is 17.2. The van der Waals surface area contributed by atoms with Crippen molar-refractivity contribution in [1.82, 2.24) is 0 Å². The molecule has 0 spiro atoms. The van der Waals surface area contributed by atoms with Crippen LogP contribution in [0.2, 0.25) is 0 Å². The molecule has 4 heteroatoms. The van der Waals surface area contributed by atoms with Gasteiger partial charge in [-0.05, 0) is 79.5 Å². The molecule has 0 fully saturated rings. The standard InChI is InChI=1S/C25H26O4/c1-4-22-21-15-17-14-18(29-23(26)16-8-6-5-7-9-16)10-11-19(17)20(21)12-13-25(22,2)24(27)28-3/h5-11,14,22H,4,12-13,15H2,1-3H3. The Morgan fingerprint density at radius 2 is 1.90 bits per heavy atom. The number of carbonyl (C=O) groups excluding carboxylic acids is 2. The topological polar surface area (TPSA) is 52.6 Å². The third-order valence-corrected chi connectivity index (χ3v) is 6.53. The highest BCUT2D eigenvalue weighted by Gasteiger charge is 2.47. The predicted octanol–water partition coefficient (Wildman–Crippen LogP) is 5.21. The van der Waals surface area contributed by atoms with Crippen molar-refractivity contribution in [1.29, 1.82) is 0 Å². The van der Waals surface area contributed by atoms with Gasteiger partial charge in [-0.1, -0.05) is 36.8 Å². The van der Waals surface area contributed by atoms with Gasteiger partial charge >= 0.3 is 11.9 Å². The molecule has 2 unspecified atom stereocenters. The van der Waals surface area contributed by atoms with Gasteiger partial charge in [0.05, 0.1) is 18.1 Å². The molecule has 2 aromatic rings. The molecule has 0 amide bonds. The normalized spacial score (nSPS) is 22.7. The van der Waals surface area contributed by atoms with Crippen molar-refractivity contribution < 1.29 is 19.1 Å². The largest absolute Gasteiger partial charge is 0.469 e. The van der Waals surface area contributed by atoms with E-state index in [4.69, 9.17) is 9.47 Å². The van der Waals surface area contributed by atoms with E-state index in [-0.39, 0.29) is 17.9 Å². The van der Waals surface area contributed by atoms with E-state index in [1.54, 1.807) is 12.1 Å². The molecule has 0 radical (unpaired) electrons. The number of allylic oxidation sites excluding steroid dienone is 2. The van der Waals surface area contributed by atoms with E-state index < -0.39 is 5.41 Å². The first-order valence-electron chi connectivity index (χ1n) is 10.2. The maximum Gasteiger partial charge on any atom is 0.343 e. The first kappa shape index (κ1) is 19.4. The fraction of sp³-hybridized carbons (Fsp3) is 0.360. The second kappa shape index (κ2) is 7.51. The molecule has 0 bridgehead atoms. The Bertz CT molecular complexity index is 989. The Balaban J connectivity index is 1.59. The summed E-state index contributed by atoms with van der Waals surface area (Å²) in [6.45, 7) is 4.17. The molecule has 0 N–H and O–H groups in total. The number of esters is 2. The minimum atomic E-state index is -0.479. The molecule has 0 aliphatic heterocycles. The van der Waals surface area contributed by atoms with Gasteiger partial charge in [0.15, 0.2) is 0 Å². The average molecular weight is 390 g/mol. The fourth-order valence-corrected chi connectivity index (χ4v) is 5.05. The summed E-state index contributed by atoms with van der Waals surface area (Å²) in [6, 6.07) is 14.9. The summed E-state index contributed by atoms with van der Waals surface area (Å²) in [4.78, 5) is 24.9. The van der Waals surface area contributed by atoms with E-state index in [1.165, 1.54) is 29.4 Å². The second-order valence-corrected chi connectivity index (χ2v) is 8.12. The Hall–Kier alpha value is -2.88. The highest BCUT2D eigenvalue weighted by atomic mass is 16.5. The van der Waals surface area contributed by atoms with Crippen molar-refractivity contribution >= 4 is 17.5 Å². The van der Waals surface area contributed by atoms with Crippen LogP contribution >= 0.6 is 0 Å². The van der Waals surface area contributed by atoms with Gasteiger partial charge in [0.2, 0.25) is 0 Å². The van der Waals surface area contributed by atoms with Gasteiger partial charge in [0.1, 0.15) is 5.75 Å². The molecular formula is C25H26O4. The maximum atomic E-state index is 12.5. The van der Waals surface area contributed by atoms with Crippen molar-refractivity contribution in [3.63, 3.8) is 0 Å². The summed E-state index contributed by atoms with van der Waals surface area (Å²) in [5, 5.41) is 0. The van der Waals surface area contributed by atoms with Crippen LogP contribution in [0.1, 0.15) is 54.6 Å². The van der Waals surface area contributed by atoms with Crippen molar-refractivity contribution in [2.75, 3.05) is 7.11 Å². The number of hydrogen-bond donors (Lipinski definition) is 0. The van der Waals surface area contributed by atoms with Gasteiger partial charge < -0.3 is 9.47 Å². The van der Waals surface area contributed by atoms with Crippen LogP contribution in [0.15, 0.2) is 54.1 Å². The Morgan fingerprint density at radius 1 is 1.14 bits per heavy atom. The van der Waals surface area contributed by atoms with Crippen LogP contribution in [0.4, 0.5) is 0 Å². The number of carbonyl (C=O) groups is 2. The van der Waals surface area contributed by atoms with Crippen molar-refractivity contribution in [2.24, 2.45) is 11.3 Å². The molecule has 0 saturated carbocycles. The third kappa shape index (κ3) is 3.27. The molecule has 2 aromatic carbocycles. The molecular weight excluding hydrogens is 364 g/mol. The lowest BCUT2D eigenvalue weighted by atomic mass is 9.64. The zero-order chi connectivity index (χ0) is 20.6. The van der Waals surface area contributed by atoms with E-state index in [9.17, 15) is 9.59 Å². The van der Waals surface area contributed by atoms with Crippen molar-refractivity contribution in [3.8, 4) is 5.75 Å². The molecule has 4 rings (SSSR count). The Morgan fingerprint density at radius 3 is 2.59 bits per heavy atom. The summed E-state index contributed by atoms with van der Waals surface area (Å²) in [6.07, 6.45) is 3.36. The molecule has 2 atom stereocenters. The molecule has 2 aliphatic rings. The highest BCUT2D eigenvalue weighted by molar-refractivity contribution is 5.91. The fourth-order valence-electron chi connectivity index (χ4n) is 5.05. The Labute approximate surface area is 171 Å². The van der Waals surface area contributed by atoms with Crippen LogP contribution in [0.25, 0.3) is 5.57 Å². The summed E-state index contributed by atoms with van der Waals surface area (Å²) >= 11 is 0. The van der Waals surface area contributed by atoms with Gasteiger partial charge in [-0.2, -0.15) is 0 Å². The van der Waals surface area contributed by atoms with Crippen LogP contribution in [-0.2, 0) is 16.0 Å². The third-order valence-electron chi connectivity index (χ3n) is 6.53. The van der Waals surface area contributed by atoms with Gasteiger partial charge in [0.25, 0.3) is 0 Å². The van der Waals surface area contributed by atoms with E-state index >= 15 is 0 Å². The van der Waals surface area contributed by atoms with E-state index in [0.717, 1.165) is 25.7 Å².